The maximum absolute atomic E-state index is 2.82. The minimum atomic E-state index is -0.145. The summed E-state index contributed by atoms with van der Waals surface area (Å²) in [6, 6.07) is 67.5. The van der Waals surface area contributed by atoms with Crippen molar-refractivity contribution in [2.75, 3.05) is 19.6 Å². The molecule has 6 aliphatic rings. The molecule has 4 aliphatic heterocycles. The van der Waals surface area contributed by atoms with E-state index in [0.29, 0.717) is 0 Å². The molecule has 2 aliphatic carbocycles. The molecule has 4 nitrogen and oxygen atoms in total. The van der Waals surface area contributed by atoms with E-state index in [1.807, 2.05) is 0 Å². The highest BCUT2D eigenvalue weighted by atomic mass is 15.3. The lowest BCUT2D eigenvalue weighted by Crippen LogP contribution is -2.62. The molecule has 8 aromatic carbocycles. The van der Waals surface area contributed by atoms with E-state index >= 15 is 0 Å². The summed E-state index contributed by atoms with van der Waals surface area (Å²) in [6.07, 6.45) is 9.62. The van der Waals surface area contributed by atoms with Crippen molar-refractivity contribution >= 4 is 80.0 Å². The van der Waals surface area contributed by atoms with E-state index in [-0.39, 0.29) is 44.9 Å². The van der Waals surface area contributed by atoms with Crippen LogP contribution in [0.2, 0.25) is 0 Å². The van der Waals surface area contributed by atoms with Gasteiger partial charge in [-0.1, -0.05) is 199 Å². The zero-order valence-corrected chi connectivity index (χ0v) is 50.7. The quantitative estimate of drug-likeness (QED) is 0.159. The van der Waals surface area contributed by atoms with Crippen molar-refractivity contribution < 1.29 is 0 Å². The van der Waals surface area contributed by atoms with Gasteiger partial charge in [0.1, 0.15) is 0 Å². The van der Waals surface area contributed by atoms with Crippen LogP contribution >= 0.6 is 0 Å². The van der Waals surface area contributed by atoms with Crippen LogP contribution < -0.4 is 36.0 Å². The van der Waals surface area contributed by atoms with Gasteiger partial charge >= 0.3 is 0 Å². The lowest BCUT2D eigenvalue weighted by Gasteiger charge is -2.51. The Morgan fingerprint density at radius 2 is 0.802 bits per heavy atom. The number of rotatable bonds is 5. The van der Waals surface area contributed by atoms with Gasteiger partial charge < -0.3 is 19.6 Å². The first-order valence-corrected chi connectivity index (χ1v) is 30.7. The molecule has 4 unspecified atom stereocenters. The molecule has 8 aromatic rings. The minimum absolute atomic E-state index is 0.00632. The van der Waals surface area contributed by atoms with E-state index in [1.54, 1.807) is 0 Å². The molecule has 0 spiro atoms. The van der Waals surface area contributed by atoms with Crippen LogP contribution in [-0.2, 0) is 27.1 Å². The third-order valence-corrected chi connectivity index (χ3v) is 21.6. The summed E-state index contributed by atoms with van der Waals surface area (Å²) in [5.74, 6) is 0. The maximum Gasteiger partial charge on any atom is 0.252 e. The van der Waals surface area contributed by atoms with E-state index in [9.17, 15) is 0 Å². The van der Waals surface area contributed by atoms with Gasteiger partial charge in [0.05, 0.1) is 16.8 Å². The summed E-state index contributed by atoms with van der Waals surface area (Å²) in [5.41, 5.74) is 25.9. The predicted octanol–water partition coefficient (Wildman–Crippen LogP) is 18.8. The fourth-order valence-electron chi connectivity index (χ4n) is 16.6. The highest BCUT2D eigenvalue weighted by Crippen LogP contribution is 2.63. The Labute approximate surface area is 485 Å². The molecule has 81 heavy (non-hydrogen) atoms. The second-order valence-electron chi connectivity index (χ2n) is 29.2. The van der Waals surface area contributed by atoms with Crippen LogP contribution in [0.3, 0.4) is 0 Å². The van der Waals surface area contributed by atoms with Gasteiger partial charge in [0.25, 0.3) is 6.71 Å². The number of nitrogens with zero attached hydrogens (tertiary/aromatic N) is 4. The van der Waals surface area contributed by atoms with Crippen molar-refractivity contribution in [1.82, 2.24) is 0 Å². The van der Waals surface area contributed by atoms with E-state index in [2.05, 4.69) is 279 Å². The second kappa shape index (κ2) is 17.8. The smallest absolute Gasteiger partial charge is 0.252 e. The summed E-state index contributed by atoms with van der Waals surface area (Å²) in [4.78, 5) is 11.0. The predicted molar refractivity (Wildman–Crippen MR) is 348 cm³/mol. The molecular formula is C76H83BN4. The molecule has 0 amide bonds. The van der Waals surface area contributed by atoms with Crippen LogP contribution in [0.25, 0.3) is 11.1 Å². The third kappa shape index (κ3) is 7.47. The Hall–Kier alpha value is -6.98. The van der Waals surface area contributed by atoms with Crippen LogP contribution in [0.5, 0.6) is 0 Å². The zero-order chi connectivity index (χ0) is 56.4. The largest absolute Gasteiger partial charge is 0.334 e. The zero-order valence-electron chi connectivity index (χ0n) is 50.7. The van der Waals surface area contributed by atoms with E-state index in [4.69, 9.17) is 0 Å². The molecule has 4 atom stereocenters. The fraction of sp³-hybridized carbons (Fsp3) is 0.368. The molecule has 5 heteroatoms. The van der Waals surface area contributed by atoms with Gasteiger partial charge in [-0.3, -0.25) is 0 Å². The topological polar surface area (TPSA) is 13.0 Å². The highest BCUT2D eigenvalue weighted by molar-refractivity contribution is 7.00. The Bertz CT molecular complexity index is 3840. The fourth-order valence-corrected chi connectivity index (χ4v) is 16.6. The van der Waals surface area contributed by atoms with Gasteiger partial charge in [0.15, 0.2) is 0 Å². The van der Waals surface area contributed by atoms with Gasteiger partial charge in [-0.15, -0.1) is 0 Å². The molecule has 2 fully saturated rings. The summed E-state index contributed by atoms with van der Waals surface area (Å²) < 4.78 is 0. The molecule has 14 rings (SSSR count). The highest BCUT2D eigenvalue weighted by Gasteiger charge is 2.60. The first-order chi connectivity index (χ1) is 38.5. The van der Waals surface area contributed by atoms with Crippen molar-refractivity contribution in [3.63, 3.8) is 0 Å². The van der Waals surface area contributed by atoms with Gasteiger partial charge in [-0.25, -0.2) is 0 Å². The van der Waals surface area contributed by atoms with E-state index in [0.717, 1.165) is 12.8 Å². The molecule has 0 bridgehead atoms. The van der Waals surface area contributed by atoms with Crippen molar-refractivity contribution in [3.05, 3.63) is 198 Å². The average Bonchev–Trinajstić information content (AvgIpc) is 2.21. The molecule has 410 valence electrons. The Kier molecular flexibility index (Phi) is 11.4. The number of anilines is 10. The van der Waals surface area contributed by atoms with Gasteiger partial charge in [0.2, 0.25) is 0 Å². The van der Waals surface area contributed by atoms with E-state index in [1.165, 1.54) is 151 Å². The Morgan fingerprint density at radius 3 is 1.38 bits per heavy atom. The Balaban J connectivity index is 1.12. The SMILES string of the molecule is CC(C)(C)c1ccc(N2c3ccc(N4c5ccccc5C5(C)CCCCC45C)cc3B3c4cc(C(C)(C)C)ccc4N(c4ccc(C(C)(C)C)cc4-c4ccccc4)c4cc(N5c6ccccc6C6(C)CCCCC56C)cc2c43)cc1. The standard InChI is InChI=1S/C76H83BN4/c1-70(2,3)51-31-35-54(36-32-51)78-65-40-37-55(80-63-29-19-17-27-58(63)73(10)41-21-23-43-75(73,80)12)47-61(65)77-60-46-53(72(7,8)9)34-39-66(60)79(62-38-33-52(71(4,5)6)45-57(62)50-25-15-14-16-26-50)68-49-56(48-67(78)69(68)77)81-64-30-20-18-28-59(64)74(11)42-22-24-44-76(74,81)13/h14-20,25-40,45-49H,21-24,41-44H2,1-13H3. The monoisotopic (exact) mass is 1060 g/mol. The first-order valence-electron chi connectivity index (χ1n) is 30.7. The van der Waals surface area contributed by atoms with Gasteiger partial charge in [-0.05, 0) is 178 Å². The number of fused-ring (bicyclic) bond motifs is 10. The normalized spacial score (nSPS) is 23.5. The molecule has 2 saturated carbocycles. The molecule has 4 heterocycles. The summed E-state index contributed by atoms with van der Waals surface area (Å²) >= 11 is 0. The third-order valence-electron chi connectivity index (χ3n) is 21.6. The molecule has 0 radical (unpaired) electrons. The molecule has 0 saturated heterocycles. The average molecular weight is 1060 g/mol. The summed E-state index contributed by atoms with van der Waals surface area (Å²) in [5, 5.41) is 0. The van der Waals surface area contributed by atoms with Crippen LogP contribution in [0.1, 0.15) is 169 Å². The lowest BCUT2D eigenvalue weighted by atomic mass is 9.33. The van der Waals surface area contributed by atoms with Crippen LogP contribution in [0.15, 0.2) is 170 Å². The maximum atomic E-state index is 2.82. The number of benzene rings is 8. The molecule has 0 aromatic heterocycles. The van der Waals surface area contributed by atoms with Crippen LogP contribution in [0, 0.1) is 0 Å². The second-order valence-corrected chi connectivity index (χ2v) is 29.2. The van der Waals surface area contributed by atoms with Crippen molar-refractivity contribution in [2.45, 2.75) is 180 Å². The van der Waals surface area contributed by atoms with Gasteiger partial charge in [-0.2, -0.15) is 0 Å². The Morgan fingerprint density at radius 1 is 0.358 bits per heavy atom. The number of para-hydroxylation sites is 2. The summed E-state index contributed by atoms with van der Waals surface area (Å²) in [6.45, 7) is 31.5. The van der Waals surface area contributed by atoms with Crippen molar-refractivity contribution in [2.24, 2.45) is 0 Å². The number of hydrogen-bond acceptors (Lipinski definition) is 4. The molecular weight excluding hydrogens is 980 g/mol. The van der Waals surface area contributed by atoms with Crippen molar-refractivity contribution in [3.8, 4) is 11.1 Å². The van der Waals surface area contributed by atoms with Gasteiger partial charge in [0, 0.05) is 67.6 Å². The number of hydrogen-bond donors (Lipinski definition) is 0. The minimum Gasteiger partial charge on any atom is -0.334 e. The van der Waals surface area contributed by atoms with Crippen molar-refractivity contribution in [1.29, 1.82) is 0 Å². The lowest BCUT2D eigenvalue weighted by molar-refractivity contribution is 0.195. The van der Waals surface area contributed by atoms with Crippen LogP contribution in [-0.4, -0.2) is 17.8 Å². The first kappa shape index (κ1) is 52.1. The summed E-state index contributed by atoms with van der Waals surface area (Å²) in [7, 11) is 0. The van der Waals surface area contributed by atoms with Crippen LogP contribution in [0.4, 0.5) is 56.9 Å². The molecule has 0 N–H and O–H groups in total. The van der Waals surface area contributed by atoms with E-state index < -0.39 is 0 Å².